The van der Waals surface area contributed by atoms with Crippen LogP contribution in [-0.2, 0) is 4.79 Å². The van der Waals surface area contributed by atoms with Crippen LogP contribution in [0.1, 0.15) is 52.9 Å². The molecule has 1 atom stereocenters. The third kappa shape index (κ3) is 4.12. The molecule has 1 unspecified atom stereocenters. The van der Waals surface area contributed by atoms with Crippen molar-refractivity contribution < 1.29 is 14.7 Å². The van der Waals surface area contributed by atoms with Crippen molar-refractivity contribution in [2.45, 2.75) is 58.9 Å². The molecule has 1 heterocycles. The summed E-state index contributed by atoms with van der Waals surface area (Å²) in [5.41, 5.74) is 0. The highest BCUT2D eigenvalue weighted by atomic mass is 16.4. The number of hydrogen-bond donors (Lipinski definition) is 1. The zero-order valence-electron chi connectivity index (χ0n) is 13.0. The van der Waals surface area contributed by atoms with Gasteiger partial charge >= 0.3 is 12.0 Å². The zero-order valence-corrected chi connectivity index (χ0v) is 13.0. The quantitative estimate of drug-likeness (QED) is 0.816. The average molecular weight is 284 g/mol. The van der Waals surface area contributed by atoms with Gasteiger partial charge in [-0.2, -0.15) is 0 Å². The molecule has 0 spiro atoms. The minimum atomic E-state index is -0.878. The molecule has 1 aliphatic heterocycles. The van der Waals surface area contributed by atoms with E-state index < -0.39 is 12.0 Å². The molecular weight excluding hydrogens is 256 g/mol. The largest absolute Gasteiger partial charge is 0.480 e. The van der Waals surface area contributed by atoms with E-state index in [1.54, 1.807) is 9.80 Å². The summed E-state index contributed by atoms with van der Waals surface area (Å²) in [6.45, 7) is 8.15. The minimum Gasteiger partial charge on any atom is -0.480 e. The van der Waals surface area contributed by atoms with Crippen molar-refractivity contribution in [1.82, 2.24) is 9.80 Å². The second kappa shape index (κ2) is 8.12. The van der Waals surface area contributed by atoms with E-state index in [0.717, 1.165) is 32.2 Å². The molecule has 1 rings (SSSR count). The Hall–Kier alpha value is -1.26. The Morgan fingerprint density at radius 1 is 1.25 bits per heavy atom. The van der Waals surface area contributed by atoms with Gasteiger partial charge in [-0.1, -0.05) is 26.7 Å². The highest BCUT2D eigenvalue weighted by molar-refractivity contribution is 5.83. The van der Waals surface area contributed by atoms with Crippen LogP contribution in [0.2, 0.25) is 0 Å². The predicted molar refractivity (Wildman–Crippen MR) is 78.7 cm³/mol. The van der Waals surface area contributed by atoms with Crippen LogP contribution in [0.5, 0.6) is 0 Å². The van der Waals surface area contributed by atoms with E-state index in [1.807, 2.05) is 6.92 Å². The van der Waals surface area contributed by atoms with Gasteiger partial charge in [0.2, 0.25) is 0 Å². The van der Waals surface area contributed by atoms with Crippen LogP contribution in [0.4, 0.5) is 4.79 Å². The molecule has 0 bridgehead atoms. The lowest BCUT2D eigenvalue weighted by Gasteiger charge is -2.37. The van der Waals surface area contributed by atoms with Crippen molar-refractivity contribution in [1.29, 1.82) is 0 Å². The molecule has 0 aromatic heterocycles. The van der Waals surface area contributed by atoms with Crippen LogP contribution in [0.25, 0.3) is 0 Å². The summed E-state index contributed by atoms with van der Waals surface area (Å²) < 4.78 is 0. The summed E-state index contributed by atoms with van der Waals surface area (Å²) in [6, 6.07) is -0.751. The molecule has 2 amide bonds. The first-order chi connectivity index (χ1) is 9.54. The monoisotopic (exact) mass is 284 g/mol. The maximum Gasteiger partial charge on any atom is 0.326 e. The fourth-order valence-electron chi connectivity index (χ4n) is 2.80. The van der Waals surface area contributed by atoms with Crippen LogP contribution < -0.4 is 0 Å². The normalized spacial score (nSPS) is 19.2. The maximum atomic E-state index is 12.6. The van der Waals surface area contributed by atoms with E-state index in [-0.39, 0.29) is 6.03 Å². The van der Waals surface area contributed by atoms with Gasteiger partial charge in [-0.25, -0.2) is 9.59 Å². The number of likely N-dealkylation sites (tertiary alicyclic amines) is 1. The third-order valence-electron chi connectivity index (χ3n) is 4.32. The van der Waals surface area contributed by atoms with Crippen LogP contribution >= 0.6 is 0 Å². The second-order valence-corrected chi connectivity index (χ2v) is 5.55. The number of urea groups is 1. The predicted octanol–water partition coefficient (Wildman–Crippen LogP) is 2.80. The van der Waals surface area contributed by atoms with E-state index >= 15 is 0 Å². The molecule has 116 valence electrons. The number of piperidine rings is 1. The number of carbonyl (C=O) groups excluding carboxylic acids is 1. The Bertz CT molecular complexity index is 329. The molecular formula is C15H28N2O3. The number of carbonyl (C=O) groups is 2. The van der Waals surface area contributed by atoms with Gasteiger partial charge in [-0.15, -0.1) is 0 Å². The lowest BCUT2D eigenvalue weighted by atomic mass is 10.0. The molecule has 20 heavy (non-hydrogen) atoms. The average Bonchev–Trinajstić information content (AvgIpc) is 2.48. The topological polar surface area (TPSA) is 60.9 Å². The lowest BCUT2D eigenvalue weighted by molar-refractivity contribution is -0.143. The minimum absolute atomic E-state index is 0.105. The van der Waals surface area contributed by atoms with E-state index in [9.17, 15) is 14.7 Å². The Morgan fingerprint density at radius 2 is 1.90 bits per heavy atom. The third-order valence-corrected chi connectivity index (χ3v) is 4.32. The molecule has 0 aromatic carbocycles. The van der Waals surface area contributed by atoms with Crippen molar-refractivity contribution in [3.05, 3.63) is 0 Å². The standard InChI is InChI=1S/C15H28N2O3/c1-4-12(5-2)11-16(6-3)15(20)17-10-8-7-9-13(17)14(18)19/h12-13H,4-11H2,1-3H3,(H,18,19). The van der Waals surface area contributed by atoms with Gasteiger partial charge in [0, 0.05) is 19.6 Å². The maximum absolute atomic E-state index is 12.6. The number of aliphatic carboxylic acids is 1. The van der Waals surface area contributed by atoms with Gasteiger partial charge in [0.15, 0.2) is 0 Å². The van der Waals surface area contributed by atoms with E-state index in [4.69, 9.17) is 0 Å². The fraction of sp³-hybridized carbons (Fsp3) is 0.867. The van der Waals surface area contributed by atoms with Crippen LogP contribution in [0.15, 0.2) is 0 Å². The number of rotatable bonds is 6. The number of nitrogens with zero attached hydrogens (tertiary/aromatic N) is 2. The van der Waals surface area contributed by atoms with Gasteiger partial charge in [0.1, 0.15) is 6.04 Å². The van der Waals surface area contributed by atoms with Crippen LogP contribution in [0.3, 0.4) is 0 Å². The molecule has 1 saturated heterocycles. The first kappa shape index (κ1) is 16.8. The van der Waals surface area contributed by atoms with Crippen molar-refractivity contribution in [3.8, 4) is 0 Å². The number of hydrogen-bond acceptors (Lipinski definition) is 2. The second-order valence-electron chi connectivity index (χ2n) is 5.55. The SMILES string of the molecule is CCC(CC)CN(CC)C(=O)N1CCCCC1C(=O)O. The molecule has 5 heteroatoms. The molecule has 5 nitrogen and oxygen atoms in total. The number of amides is 2. The summed E-state index contributed by atoms with van der Waals surface area (Å²) in [7, 11) is 0. The van der Waals surface area contributed by atoms with E-state index in [2.05, 4.69) is 13.8 Å². The van der Waals surface area contributed by atoms with E-state index in [1.165, 1.54) is 0 Å². The molecule has 0 aromatic rings. The Kier molecular flexibility index (Phi) is 6.82. The Morgan fingerprint density at radius 3 is 2.40 bits per heavy atom. The van der Waals surface area contributed by atoms with Crippen molar-refractivity contribution in [2.24, 2.45) is 5.92 Å². The van der Waals surface area contributed by atoms with Crippen molar-refractivity contribution in [2.75, 3.05) is 19.6 Å². The van der Waals surface area contributed by atoms with Gasteiger partial charge in [-0.3, -0.25) is 0 Å². The van der Waals surface area contributed by atoms with Crippen molar-refractivity contribution in [3.63, 3.8) is 0 Å². The highest BCUT2D eigenvalue weighted by Crippen LogP contribution is 2.20. The van der Waals surface area contributed by atoms with Gasteiger partial charge in [-0.05, 0) is 32.1 Å². The number of carboxylic acid groups (broad SMARTS) is 1. The number of carboxylic acids is 1. The van der Waals surface area contributed by atoms with E-state index in [0.29, 0.717) is 25.4 Å². The first-order valence-corrected chi connectivity index (χ1v) is 7.83. The Labute approximate surface area is 121 Å². The summed E-state index contributed by atoms with van der Waals surface area (Å²) >= 11 is 0. The van der Waals surface area contributed by atoms with Crippen molar-refractivity contribution >= 4 is 12.0 Å². The molecule has 1 aliphatic rings. The molecule has 1 fully saturated rings. The smallest absolute Gasteiger partial charge is 0.326 e. The van der Waals surface area contributed by atoms with Crippen LogP contribution in [-0.4, -0.2) is 52.6 Å². The summed E-state index contributed by atoms with van der Waals surface area (Å²) in [5, 5.41) is 9.27. The summed E-state index contributed by atoms with van der Waals surface area (Å²) in [5.74, 6) is -0.386. The Balaban J connectivity index is 2.75. The first-order valence-electron chi connectivity index (χ1n) is 7.83. The molecule has 0 saturated carbocycles. The van der Waals surface area contributed by atoms with Crippen LogP contribution in [0, 0.1) is 5.92 Å². The zero-order chi connectivity index (χ0) is 15.1. The van der Waals surface area contributed by atoms with Gasteiger partial charge in [0.05, 0.1) is 0 Å². The molecule has 1 N–H and O–H groups in total. The summed E-state index contributed by atoms with van der Waals surface area (Å²) in [6.07, 6.45) is 4.45. The summed E-state index contributed by atoms with van der Waals surface area (Å²) in [4.78, 5) is 27.3. The molecule has 0 aliphatic carbocycles. The lowest BCUT2D eigenvalue weighted by Crippen LogP contribution is -2.53. The van der Waals surface area contributed by atoms with Gasteiger partial charge < -0.3 is 14.9 Å². The molecule has 0 radical (unpaired) electrons. The highest BCUT2D eigenvalue weighted by Gasteiger charge is 2.34. The van der Waals surface area contributed by atoms with Gasteiger partial charge in [0.25, 0.3) is 0 Å². The fourth-order valence-corrected chi connectivity index (χ4v) is 2.80.